The van der Waals surface area contributed by atoms with Crippen molar-refractivity contribution in [1.29, 1.82) is 0 Å². The van der Waals surface area contributed by atoms with E-state index >= 15 is 0 Å². The molecule has 23 heavy (non-hydrogen) atoms. The highest BCUT2D eigenvalue weighted by molar-refractivity contribution is 6.36. The summed E-state index contributed by atoms with van der Waals surface area (Å²) < 4.78 is 10.5. The van der Waals surface area contributed by atoms with Crippen molar-refractivity contribution in [3.8, 4) is 17.2 Å². The SMILES string of the molecule is COc1ccc(CCN=Cc2cc(Cl)cc(Cl)c2O)cc1OC. The number of phenolic OH excluding ortho intramolecular Hbond substituents is 1. The predicted octanol–water partition coefficient (Wildman–Crippen LogP) is 4.38. The van der Waals surface area contributed by atoms with Crippen molar-refractivity contribution in [3.05, 3.63) is 51.5 Å². The van der Waals surface area contributed by atoms with Gasteiger partial charge in [-0.25, -0.2) is 0 Å². The number of nitrogens with zero attached hydrogens (tertiary/aromatic N) is 1. The number of phenols is 1. The highest BCUT2D eigenvalue weighted by Gasteiger charge is 2.06. The number of hydrogen-bond donors (Lipinski definition) is 1. The number of rotatable bonds is 6. The van der Waals surface area contributed by atoms with Crippen LogP contribution in [-0.2, 0) is 6.42 Å². The van der Waals surface area contributed by atoms with Gasteiger partial charge >= 0.3 is 0 Å². The molecule has 0 bridgehead atoms. The maximum atomic E-state index is 9.85. The van der Waals surface area contributed by atoms with Crippen molar-refractivity contribution in [2.75, 3.05) is 20.8 Å². The molecule has 0 aromatic heterocycles. The summed E-state index contributed by atoms with van der Waals surface area (Å²) in [5.74, 6) is 1.36. The fourth-order valence-electron chi connectivity index (χ4n) is 2.08. The third-order valence-corrected chi connectivity index (χ3v) is 3.77. The Labute approximate surface area is 145 Å². The van der Waals surface area contributed by atoms with Gasteiger partial charge in [0.25, 0.3) is 0 Å². The molecule has 1 N–H and O–H groups in total. The highest BCUT2D eigenvalue weighted by atomic mass is 35.5. The first-order chi connectivity index (χ1) is 11.0. The van der Waals surface area contributed by atoms with Crippen molar-refractivity contribution in [2.24, 2.45) is 4.99 Å². The van der Waals surface area contributed by atoms with Gasteiger partial charge < -0.3 is 14.6 Å². The second kappa shape index (κ2) is 8.09. The number of hydrogen-bond acceptors (Lipinski definition) is 4. The number of aromatic hydroxyl groups is 1. The molecule has 0 amide bonds. The van der Waals surface area contributed by atoms with Gasteiger partial charge in [-0.1, -0.05) is 29.3 Å². The molecule has 0 saturated carbocycles. The van der Waals surface area contributed by atoms with E-state index in [0.29, 0.717) is 28.6 Å². The molecule has 0 aliphatic carbocycles. The standard InChI is InChI=1S/C17H17Cl2NO3/c1-22-15-4-3-11(7-16(15)23-2)5-6-20-10-12-8-13(18)9-14(19)17(12)21/h3-4,7-10,21H,5-6H2,1-2H3. The zero-order valence-electron chi connectivity index (χ0n) is 12.8. The van der Waals surface area contributed by atoms with Crippen molar-refractivity contribution in [3.63, 3.8) is 0 Å². The molecule has 0 unspecified atom stereocenters. The van der Waals surface area contributed by atoms with Crippen LogP contribution >= 0.6 is 23.2 Å². The Hall–Kier alpha value is -1.91. The van der Waals surface area contributed by atoms with Crippen molar-refractivity contribution in [2.45, 2.75) is 6.42 Å². The van der Waals surface area contributed by atoms with E-state index in [2.05, 4.69) is 4.99 Å². The average molecular weight is 354 g/mol. The Kier molecular flexibility index (Phi) is 6.13. The van der Waals surface area contributed by atoms with E-state index in [0.717, 1.165) is 12.0 Å². The Balaban J connectivity index is 2.02. The van der Waals surface area contributed by atoms with Crippen LogP contribution in [0.25, 0.3) is 0 Å². The monoisotopic (exact) mass is 353 g/mol. The first-order valence-electron chi connectivity index (χ1n) is 6.94. The van der Waals surface area contributed by atoms with Gasteiger partial charge in [0.1, 0.15) is 5.75 Å². The largest absolute Gasteiger partial charge is 0.506 e. The minimum atomic E-state index is -0.0223. The molecule has 0 fully saturated rings. The van der Waals surface area contributed by atoms with Crippen molar-refractivity contribution < 1.29 is 14.6 Å². The maximum Gasteiger partial charge on any atom is 0.160 e. The molecule has 2 rings (SSSR count). The molecule has 122 valence electrons. The minimum absolute atomic E-state index is 0.0223. The minimum Gasteiger partial charge on any atom is -0.506 e. The van der Waals surface area contributed by atoms with Gasteiger partial charge in [0.15, 0.2) is 11.5 Å². The molecule has 2 aromatic carbocycles. The lowest BCUT2D eigenvalue weighted by Gasteiger charge is -2.08. The summed E-state index contributed by atoms with van der Waals surface area (Å²) in [7, 11) is 3.20. The molecule has 0 heterocycles. The normalized spacial score (nSPS) is 11.0. The van der Waals surface area contributed by atoms with Crippen LogP contribution in [0.15, 0.2) is 35.3 Å². The number of aliphatic imine (C=N–C) groups is 1. The Bertz CT molecular complexity index is 717. The summed E-state index contributed by atoms with van der Waals surface area (Å²) in [4.78, 5) is 4.30. The van der Waals surface area contributed by atoms with E-state index in [1.165, 1.54) is 6.07 Å². The van der Waals surface area contributed by atoms with E-state index in [9.17, 15) is 5.11 Å². The third-order valence-electron chi connectivity index (χ3n) is 3.27. The third kappa shape index (κ3) is 4.53. The van der Waals surface area contributed by atoms with Gasteiger partial charge in [-0.15, -0.1) is 0 Å². The summed E-state index contributed by atoms with van der Waals surface area (Å²) in [6.45, 7) is 0.555. The lowest BCUT2D eigenvalue weighted by molar-refractivity contribution is 0.354. The number of ether oxygens (including phenoxy) is 2. The van der Waals surface area contributed by atoms with E-state index in [-0.39, 0.29) is 10.8 Å². The Morgan fingerprint density at radius 3 is 2.52 bits per heavy atom. The molecule has 0 spiro atoms. The molecular weight excluding hydrogens is 337 g/mol. The summed E-state index contributed by atoms with van der Waals surface area (Å²) in [5.41, 5.74) is 1.57. The maximum absolute atomic E-state index is 9.85. The molecule has 0 atom stereocenters. The van der Waals surface area contributed by atoms with Gasteiger partial charge in [-0.2, -0.15) is 0 Å². The quantitative estimate of drug-likeness (QED) is 0.784. The van der Waals surface area contributed by atoms with Crippen LogP contribution in [0.2, 0.25) is 10.0 Å². The van der Waals surface area contributed by atoms with Crippen LogP contribution < -0.4 is 9.47 Å². The van der Waals surface area contributed by atoms with E-state index in [1.807, 2.05) is 18.2 Å². The number of methoxy groups -OCH3 is 2. The lowest BCUT2D eigenvalue weighted by Crippen LogP contribution is -1.95. The van der Waals surface area contributed by atoms with Crippen molar-refractivity contribution >= 4 is 29.4 Å². The van der Waals surface area contributed by atoms with Gasteiger partial charge in [-0.05, 0) is 36.2 Å². The Morgan fingerprint density at radius 1 is 1.09 bits per heavy atom. The molecule has 6 heteroatoms. The van der Waals surface area contributed by atoms with Gasteiger partial charge in [-0.3, -0.25) is 4.99 Å². The second-order valence-electron chi connectivity index (χ2n) is 4.80. The first-order valence-corrected chi connectivity index (χ1v) is 7.69. The van der Waals surface area contributed by atoms with Crippen LogP contribution in [0.5, 0.6) is 17.2 Å². The van der Waals surface area contributed by atoms with Gasteiger partial charge in [0.05, 0.1) is 19.2 Å². The second-order valence-corrected chi connectivity index (χ2v) is 5.64. The molecule has 0 aliphatic heterocycles. The summed E-state index contributed by atoms with van der Waals surface area (Å²) in [5, 5.41) is 10.5. The smallest absolute Gasteiger partial charge is 0.160 e. The lowest BCUT2D eigenvalue weighted by atomic mass is 10.1. The average Bonchev–Trinajstić information content (AvgIpc) is 2.55. The summed E-state index contributed by atoms with van der Waals surface area (Å²) >= 11 is 11.8. The van der Waals surface area contributed by atoms with Crippen LogP contribution in [0.1, 0.15) is 11.1 Å². The van der Waals surface area contributed by atoms with Gasteiger partial charge in [0, 0.05) is 23.3 Å². The topological polar surface area (TPSA) is 51.0 Å². The highest BCUT2D eigenvalue weighted by Crippen LogP contribution is 2.30. The van der Waals surface area contributed by atoms with E-state index in [4.69, 9.17) is 32.7 Å². The van der Waals surface area contributed by atoms with E-state index < -0.39 is 0 Å². The molecule has 0 aliphatic rings. The fourth-order valence-corrected chi connectivity index (χ4v) is 2.59. The first kappa shape index (κ1) is 17.4. The number of halogens is 2. The van der Waals surface area contributed by atoms with E-state index in [1.54, 1.807) is 26.5 Å². The summed E-state index contributed by atoms with van der Waals surface area (Å²) in [6.07, 6.45) is 2.29. The molecular formula is C17H17Cl2NO3. The van der Waals surface area contributed by atoms with Crippen LogP contribution in [-0.4, -0.2) is 32.1 Å². The molecule has 0 saturated heterocycles. The zero-order valence-corrected chi connectivity index (χ0v) is 14.4. The van der Waals surface area contributed by atoms with Crippen LogP contribution in [0, 0.1) is 0 Å². The zero-order chi connectivity index (χ0) is 16.8. The molecule has 2 aromatic rings. The van der Waals surface area contributed by atoms with Crippen LogP contribution in [0.4, 0.5) is 0 Å². The van der Waals surface area contributed by atoms with Gasteiger partial charge in [0.2, 0.25) is 0 Å². The molecule has 0 radical (unpaired) electrons. The predicted molar refractivity (Wildman–Crippen MR) is 93.8 cm³/mol. The fraction of sp³-hybridized carbons (Fsp3) is 0.235. The molecule has 4 nitrogen and oxygen atoms in total. The Morgan fingerprint density at radius 2 is 1.83 bits per heavy atom. The van der Waals surface area contributed by atoms with Crippen molar-refractivity contribution in [1.82, 2.24) is 0 Å². The van der Waals surface area contributed by atoms with Crippen LogP contribution in [0.3, 0.4) is 0 Å². The number of benzene rings is 2. The summed E-state index contributed by atoms with van der Waals surface area (Å²) in [6, 6.07) is 8.84.